The van der Waals surface area contributed by atoms with E-state index >= 15 is 0 Å². The normalized spacial score (nSPS) is 12.4. The van der Waals surface area contributed by atoms with E-state index in [2.05, 4.69) is 68.2 Å². The Morgan fingerprint density at radius 1 is 0.850 bits per heavy atom. The smallest absolute Gasteiger partial charge is 0.385 e. The van der Waals surface area contributed by atoms with Crippen molar-refractivity contribution in [3.63, 3.8) is 0 Å². The van der Waals surface area contributed by atoms with Crippen LogP contribution < -0.4 is 10.4 Å². The molecule has 2 aromatic carbocycles. The first kappa shape index (κ1) is 15.4. The average molecular weight is 319 g/mol. The van der Waals surface area contributed by atoms with E-state index < -0.39 is 27.4 Å². The van der Waals surface area contributed by atoms with Crippen molar-refractivity contribution in [3.05, 3.63) is 60.7 Å². The molecule has 0 amide bonds. The van der Waals surface area contributed by atoms with E-state index in [-0.39, 0.29) is 0 Å². The summed E-state index contributed by atoms with van der Waals surface area (Å²) in [5, 5.41) is 2.45. The molecule has 0 aromatic heterocycles. The van der Waals surface area contributed by atoms with Crippen LogP contribution in [0.2, 0.25) is 19.6 Å². The predicted octanol–water partition coefficient (Wildman–Crippen LogP) is 1.39. The largest absolute Gasteiger partial charge is 0.436 e. The molecule has 0 unspecified atom stereocenters. The van der Waals surface area contributed by atoms with Crippen LogP contribution >= 0.6 is 0 Å². The molecule has 2 rings (SSSR count). The summed E-state index contributed by atoms with van der Waals surface area (Å²) in [7, 11) is -4.26. The third-order valence-corrected chi connectivity index (χ3v) is 11.2. The molecule has 0 heterocycles. The molecule has 0 bridgehead atoms. The summed E-state index contributed by atoms with van der Waals surface area (Å²) in [6, 6.07) is 21.0. The summed E-state index contributed by atoms with van der Waals surface area (Å²) in [5.74, 6) is 0. The Kier molecular flexibility index (Phi) is 5.50. The highest BCUT2D eigenvalue weighted by Crippen LogP contribution is 2.11. The minimum atomic E-state index is -2.49. The topological polar surface area (TPSA) is 18.5 Å². The Morgan fingerprint density at radius 2 is 1.30 bits per heavy atom. The summed E-state index contributed by atoms with van der Waals surface area (Å²) in [6.07, 6.45) is 0. The molecule has 2 aromatic rings. The quantitative estimate of drug-likeness (QED) is 0.750. The Labute approximate surface area is 126 Å². The van der Waals surface area contributed by atoms with Crippen LogP contribution in [0, 0.1) is 0 Å². The first-order valence-corrected chi connectivity index (χ1v) is 13.7. The van der Waals surface area contributed by atoms with Gasteiger partial charge in [0, 0.05) is 0 Å². The second-order valence-corrected chi connectivity index (χ2v) is 12.1. The molecule has 5 heteroatoms. The zero-order valence-electron chi connectivity index (χ0n) is 12.4. The van der Waals surface area contributed by atoms with Crippen molar-refractivity contribution in [1.82, 2.24) is 0 Å². The van der Waals surface area contributed by atoms with E-state index in [9.17, 15) is 0 Å². The van der Waals surface area contributed by atoms with Gasteiger partial charge in [-0.25, -0.2) is 0 Å². The minimum Gasteiger partial charge on any atom is -0.436 e. The molecule has 0 spiro atoms. The van der Waals surface area contributed by atoms with E-state index in [0.717, 1.165) is 0 Å². The van der Waals surface area contributed by atoms with E-state index in [1.807, 2.05) is 12.1 Å². The van der Waals surface area contributed by atoms with Gasteiger partial charge in [0.2, 0.25) is 0 Å². The van der Waals surface area contributed by atoms with Gasteiger partial charge in [0.25, 0.3) is 0 Å². The first-order valence-electron chi connectivity index (χ1n) is 7.12. The molecular formula is C15H22O2Si3. The highest BCUT2D eigenvalue weighted by Gasteiger charge is 2.42. The molecule has 0 saturated heterocycles. The number of rotatable bonds is 6. The van der Waals surface area contributed by atoms with Crippen LogP contribution in [0.15, 0.2) is 60.7 Å². The molecule has 0 aliphatic carbocycles. The standard InChI is InChI=1S/C15H22O2Si3/c1-18-16-20(17-19(2)3,14-10-6-4-7-11-14)15-12-8-5-9-13-15/h4-13,19H,18H2,1-3H3. The van der Waals surface area contributed by atoms with Crippen molar-refractivity contribution in [1.29, 1.82) is 0 Å². The second-order valence-electron chi connectivity index (χ2n) is 4.95. The summed E-state index contributed by atoms with van der Waals surface area (Å²) in [6.45, 7) is 6.61. The SMILES string of the molecule is C[SiH2]O[Si](O[SiH](C)C)(c1ccccc1)c1ccccc1. The highest BCUT2D eigenvalue weighted by molar-refractivity contribution is 6.97. The summed E-state index contributed by atoms with van der Waals surface area (Å²) in [4.78, 5) is 0. The van der Waals surface area contributed by atoms with Crippen molar-refractivity contribution in [2.45, 2.75) is 19.6 Å². The molecule has 0 aliphatic rings. The van der Waals surface area contributed by atoms with E-state index in [1.54, 1.807) is 0 Å². The Bertz CT molecular complexity index is 478. The second kappa shape index (κ2) is 7.14. The maximum absolute atomic E-state index is 6.54. The van der Waals surface area contributed by atoms with Crippen molar-refractivity contribution < 1.29 is 8.23 Å². The Hall–Kier alpha value is -0.989. The molecule has 2 nitrogen and oxygen atoms in total. The van der Waals surface area contributed by atoms with Crippen molar-refractivity contribution in [3.8, 4) is 0 Å². The molecule has 0 fully saturated rings. The van der Waals surface area contributed by atoms with Gasteiger partial charge in [-0.2, -0.15) is 0 Å². The van der Waals surface area contributed by atoms with Gasteiger partial charge in [0.1, 0.15) is 9.76 Å². The molecule has 20 heavy (non-hydrogen) atoms. The molecule has 0 atom stereocenters. The van der Waals surface area contributed by atoms with Gasteiger partial charge in [-0.3, -0.25) is 0 Å². The van der Waals surface area contributed by atoms with Gasteiger partial charge in [-0.15, -0.1) is 0 Å². The van der Waals surface area contributed by atoms with E-state index in [0.29, 0.717) is 0 Å². The van der Waals surface area contributed by atoms with Crippen LogP contribution in [-0.2, 0) is 8.23 Å². The van der Waals surface area contributed by atoms with Crippen molar-refractivity contribution in [2.75, 3.05) is 0 Å². The minimum absolute atomic E-state index is 0.562. The fourth-order valence-electron chi connectivity index (χ4n) is 2.35. The molecule has 0 aliphatic heterocycles. The lowest BCUT2D eigenvalue weighted by Crippen LogP contribution is -2.65. The monoisotopic (exact) mass is 318 g/mol. The molecular weight excluding hydrogens is 296 g/mol. The highest BCUT2D eigenvalue weighted by atomic mass is 28.4. The molecule has 0 saturated carbocycles. The van der Waals surface area contributed by atoms with Crippen molar-refractivity contribution >= 4 is 37.7 Å². The Morgan fingerprint density at radius 3 is 1.65 bits per heavy atom. The van der Waals surface area contributed by atoms with Crippen LogP contribution in [0.4, 0.5) is 0 Å². The van der Waals surface area contributed by atoms with Crippen molar-refractivity contribution in [2.24, 2.45) is 0 Å². The fourth-order valence-corrected chi connectivity index (χ4v) is 11.5. The summed E-state index contributed by atoms with van der Waals surface area (Å²) < 4.78 is 12.9. The average Bonchev–Trinajstić information content (AvgIpc) is 2.48. The molecule has 0 radical (unpaired) electrons. The van der Waals surface area contributed by atoms with E-state index in [1.165, 1.54) is 10.4 Å². The third kappa shape index (κ3) is 3.36. The van der Waals surface area contributed by atoms with Gasteiger partial charge >= 0.3 is 8.56 Å². The summed E-state index contributed by atoms with van der Waals surface area (Å²) in [5.41, 5.74) is 0. The van der Waals surface area contributed by atoms with Gasteiger partial charge < -0.3 is 8.23 Å². The van der Waals surface area contributed by atoms with Crippen LogP contribution in [0.3, 0.4) is 0 Å². The van der Waals surface area contributed by atoms with Gasteiger partial charge in [-0.1, -0.05) is 67.2 Å². The van der Waals surface area contributed by atoms with E-state index in [4.69, 9.17) is 8.23 Å². The van der Waals surface area contributed by atoms with Gasteiger partial charge in [0.15, 0.2) is 9.04 Å². The van der Waals surface area contributed by atoms with Crippen LogP contribution in [-0.4, -0.2) is 27.4 Å². The maximum Gasteiger partial charge on any atom is 0.385 e. The summed E-state index contributed by atoms with van der Waals surface area (Å²) >= 11 is 0. The lowest BCUT2D eigenvalue weighted by Gasteiger charge is -2.33. The Balaban J connectivity index is 2.56. The first-order chi connectivity index (χ1) is 9.69. The predicted molar refractivity (Wildman–Crippen MR) is 93.4 cm³/mol. The zero-order valence-corrected chi connectivity index (χ0v) is 15.9. The lowest BCUT2D eigenvalue weighted by atomic mass is 10.4. The van der Waals surface area contributed by atoms with Gasteiger partial charge in [0.05, 0.1) is 0 Å². The fraction of sp³-hybridized carbons (Fsp3) is 0.200. The van der Waals surface area contributed by atoms with Crippen LogP contribution in [0.1, 0.15) is 0 Å². The lowest BCUT2D eigenvalue weighted by molar-refractivity contribution is 0.442. The molecule has 0 N–H and O–H groups in total. The number of benzene rings is 2. The zero-order chi connectivity index (χ0) is 14.4. The number of hydrogen-bond acceptors (Lipinski definition) is 2. The van der Waals surface area contributed by atoms with Crippen LogP contribution in [0.5, 0.6) is 0 Å². The van der Waals surface area contributed by atoms with Crippen LogP contribution in [0.25, 0.3) is 0 Å². The molecule has 106 valence electrons. The number of hydrogen-bond donors (Lipinski definition) is 0. The maximum atomic E-state index is 6.54. The van der Waals surface area contributed by atoms with Gasteiger partial charge in [-0.05, 0) is 23.5 Å². The third-order valence-electron chi connectivity index (χ3n) is 3.06.